The maximum atomic E-state index is 3.20. The topological polar surface area (TPSA) is 12.0 Å². The summed E-state index contributed by atoms with van der Waals surface area (Å²) in [4.78, 5) is 0. The molecule has 0 heterocycles. The Morgan fingerprint density at radius 2 is 2.12 bits per heavy atom. The van der Waals surface area contributed by atoms with Gasteiger partial charge >= 0.3 is 0 Å². The molecule has 0 aromatic heterocycles. The zero-order chi connectivity index (χ0) is 6.24. The Morgan fingerprint density at radius 1 is 1.38 bits per heavy atom. The molecule has 0 amide bonds. The van der Waals surface area contributed by atoms with E-state index in [9.17, 15) is 0 Å². The average molecular weight is 133 g/mol. The second kappa shape index (κ2) is 7.31. The van der Waals surface area contributed by atoms with Crippen molar-refractivity contribution in [3.8, 4) is 0 Å². The average Bonchev–Trinajstić information content (AvgIpc) is 1.81. The number of nitrogens with one attached hydrogen (secondary N) is 1. The smallest absolute Gasteiger partial charge is 0.00584 e. The molecule has 0 fully saturated rings. The lowest BCUT2D eigenvalue weighted by atomic mass is 10.3. The normalized spacial score (nSPS) is 9.75. The molecule has 0 saturated heterocycles. The van der Waals surface area contributed by atoms with Crippen molar-refractivity contribution in [2.24, 2.45) is 0 Å². The van der Waals surface area contributed by atoms with Crippen LogP contribution in [0.3, 0.4) is 0 Å². The molecule has 1 N–H and O–H groups in total. The van der Waals surface area contributed by atoms with Gasteiger partial charge in [-0.05, 0) is 12.7 Å². The summed E-state index contributed by atoms with van der Waals surface area (Å²) < 4.78 is 3.20. The van der Waals surface area contributed by atoms with Crippen LogP contribution in [0.25, 0.3) is 0 Å². The fourth-order valence-electron chi connectivity index (χ4n) is 0.549. The summed E-state index contributed by atoms with van der Waals surface area (Å²) >= 11 is 1.70. The van der Waals surface area contributed by atoms with Gasteiger partial charge in [0.25, 0.3) is 0 Å². The van der Waals surface area contributed by atoms with E-state index >= 15 is 0 Å². The highest BCUT2D eigenvalue weighted by atomic mass is 32.2. The van der Waals surface area contributed by atoms with Crippen molar-refractivity contribution < 1.29 is 0 Å². The van der Waals surface area contributed by atoms with Gasteiger partial charge in [0.1, 0.15) is 0 Å². The third kappa shape index (κ3) is 6.31. The molecular weight excluding hydrogens is 118 g/mol. The van der Waals surface area contributed by atoms with Crippen molar-refractivity contribution in [2.45, 2.75) is 26.2 Å². The predicted molar refractivity (Wildman–Crippen MR) is 41.0 cm³/mol. The van der Waals surface area contributed by atoms with Crippen molar-refractivity contribution in [1.29, 1.82) is 0 Å². The SMILES string of the molecule is CCCCCNSC. The quantitative estimate of drug-likeness (QED) is 0.455. The molecule has 0 unspecified atom stereocenters. The molecule has 0 aliphatic carbocycles. The Morgan fingerprint density at radius 3 is 2.62 bits per heavy atom. The first-order valence-corrected chi connectivity index (χ1v) is 4.40. The van der Waals surface area contributed by atoms with Gasteiger partial charge < -0.3 is 0 Å². The van der Waals surface area contributed by atoms with Crippen molar-refractivity contribution in [1.82, 2.24) is 4.72 Å². The summed E-state index contributed by atoms with van der Waals surface area (Å²) in [6.45, 7) is 3.38. The van der Waals surface area contributed by atoms with Crippen LogP contribution < -0.4 is 4.72 Å². The van der Waals surface area contributed by atoms with E-state index < -0.39 is 0 Å². The highest BCUT2D eigenvalue weighted by Gasteiger charge is 1.81. The number of hydrogen-bond donors (Lipinski definition) is 1. The minimum atomic E-state index is 1.16. The third-order valence-electron chi connectivity index (χ3n) is 1.03. The van der Waals surface area contributed by atoms with Crippen LogP contribution in [-0.2, 0) is 0 Å². The summed E-state index contributed by atoms with van der Waals surface area (Å²) in [5, 5.41) is 0. The fraction of sp³-hybridized carbons (Fsp3) is 1.00. The highest BCUT2D eigenvalue weighted by molar-refractivity contribution is 7.96. The van der Waals surface area contributed by atoms with Crippen LogP contribution in [-0.4, -0.2) is 12.8 Å². The maximum Gasteiger partial charge on any atom is 0.00584 e. The van der Waals surface area contributed by atoms with E-state index in [1.54, 1.807) is 11.9 Å². The Balaban J connectivity index is 2.53. The first-order valence-electron chi connectivity index (χ1n) is 3.17. The Labute approximate surface area is 56.4 Å². The van der Waals surface area contributed by atoms with Gasteiger partial charge in [0.05, 0.1) is 0 Å². The van der Waals surface area contributed by atoms with Gasteiger partial charge in [-0.1, -0.05) is 31.7 Å². The fourth-order valence-corrected chi connectivity index (χ4v) is 0.898. The summed E-state index contributed by atoms with van der Waals surface area (Å²) in [6.07, 6.45) is 6.05. The molecule has 8 heavy (non-hydrogen) atoms. The van der Waals surface area contributed by atoms with E-state index in [4.69, 9.17) is 0 Å². The lowest BCUT2D eigenvalue weighted by molar-refractivity contribution is 0.709. The second-order valence-electron chi connectivity index (χ2n) is 1.81. The van der Waals surface area contributed by atoms with Crippen molar-refractivity contribution >= 4 is 11.9 Å². The van der Waals surface area contributed by atoms with Crippen LogP contribution in [0.1, 0.15) is 26.2 Å². The zero-order valence-corrected chi connectivity index (χ0v) is 6.55. The van der Waals surface area contributed by atoms with Gasteiger partial charge in [-0.2, -0.15) is 0 Å². The summed E-state index contributed by atoms with van der Waals surface area (Å²) in [6, 6.07) is 0. The molecule has 0 spiro atoms. The van der Waals surface area contributed by atoms with Crippen molar-refractivity contribution in [3.05, 3.63) is 0 Å². The van der Waals surface area contributed by atoms with Crippen molar-refractivity contribution in [3.63, 3.8) is 0 Å². The van der Waals surface area contributed by atoms with Gasteiger partial charge in [0, 0.05) is 6.54 Å². The van der Waals surface area contributed by atoms with E-state index in [-0.39, 0.29) is 0 Å². The molecule has 0 rings (SSSR count). The molecule has 0 aliphatic rings. The van der Waals surface area contributed by atoms with Crippen molar-refractivity contribution in [2.75, 3.05) is 12.8 Å². The number of hydrogen-bond acceptors (Lipinski definition) is 2. The summed E-state index contributed by atoms with van der Waals surface area (Å²) in [5.41, 5.74) is 0. The van der Waals surface area contributed by atoms with Gasteiger partial charge in [0.2, 0.25) is 0 Å². The van der Waals surface area contributed by atoms with Gasteiger partial charge in [-0.25, -0.2) is 0 Å². The van der Waals surface area contributed by atoms with Crippen LogP contribution in [0, 0.1) is 0 Å². The minimum Gasteiger partial charge on any atom is -0.264 e. The Hall–Kier alpha value is 0.310. The molecule has 0 aromatic rings. The standard InChI is InChI=1S/C6H15NS/c1-3-4-5-6-7-8-2/h7H,3-6H2,1-2H3. The second-order valence-corrected chi connectivity index (χ2v) is 2.50. The molecular formula is C6H15NS. The van der Waals surface area contributed by atoms with Gasteiger partial charge in [-0.15, -0.1) is 0 Å². The van der Waals surface area contributed by atoms with Crippen LogP contribution in [0.4, 0.5) is 0 Å². The van der Waals surface area contributed by atoms with Gasteiger partial charge in [0.15, 0.2) is 0 Å². The van der Waals surface area contributed by atoms with Crippen LogP contribution in [0.5, 0.6) is 0 Å². The molecule has 0 saturated carbocycles. The molecule has 0 aromatic carbocycles. The van der Waals surface area contributed by atoms with Crippen LogP contribution >= 0.6 is 11.9 Å². The molecule has 50 valence electrons. The summed E-state index contributed by atoms with van der Waals surface area (Å²) in [7, 11) is 0. The molecule has 0 aliphatic heterocycles. The molecule has 0 atom stereocenters. The van der Waals surface area contributed by atoms with Crippen LogP contribution in [0.2, 0.25) is 0 Å². The lowest BCUT2D eigenvalue weighted by Crippen LogP contribution is -2.03. The first-order chi connectivity index (χ1) is 3.91. The Kier molecular flexibility index (Phi) is 7.59. The molecule has 2 heteroatoms. The van der Waals surface area contributed by atoms with E-state index in [1.165, 1.54) is 19.3 Å². The van der Waals surface area contributed by atoms with Crippen LogP contribution in [0.15, 0.2) is 0 Å². The first kappa shape index (κ1) is 8.31. The zero-order valence-electron chi connectivity index (χ0n) is 5.74. The van der Waals surface area contributed by atoms with E-state index in [1.807, 2.05) is 0 Å². The van der Waals surface area contributed by atoms with Gasteiger partial charge in [-0.3, -0.25) is 4.72 Å². The van der Waals surface area contributed by atoms with E-state index in [0.717, 1.165) is 6.54 Å². The number of rotatable bonds is 5. The maximum absolute atomic E-state index is 3.20. The lowest BCUT2D eigenvalue weighted by Gasteiger charge is -1.96. The van der Waals surface area contributed by atoms with E-state index in [0.29, 0.717) is 0 Å². The monoisotopic (exact) mass is 133 g/mol. The number of unbranched alkanes of at least 4 members (excludes halogenated alkanes) is 2. The largest absolute Gasteiger partial charge is 0.264 e. The van der Waals surface area contributed by atoms with E-state index in [2.05, 4.69) is 17.9 Å². The third-order valence-corrected chi connectivity index (χ3v) is 1.52. The molecule has 0 bridgehead atoms. The summed E-state index contributed by atoms with van der Waals surface area (Å²) in [5.74, 6) is 0. The highest BCUT2D eigenvalue weighted by Crippen LogP contribution is 1.92. The Bertz CT molecular complexity index is 33.5. The molecule has 0 radical (unpaired) electrons. The predicted octanol–water partition coefficient (Wildman–Crippen LogP) is 2.04. The minimum absolute atomic E-state index is 1.16. The molecule has 1 nitrogen and oxygen atoms in total.